The topological polar surface area (TPSA) is 41.9 Å². The van der Waals surface area contributed by atoms with Gasteiger partial charge < -0.3 is 4.74 Å². The highest BCUT2D eigenvalue weighted by molar-refractivity contribution is 9.10. The molecule has 2 atom stereocenters. The average Bonchev–Trinajstić information content (AvgIpc) is 3.35. The fourth-order valence-corrected chi connectivity index (χ4v) is 5.09. The van der Waals surface area contributed by atoms with Crippen molar-refractivity contribution in [2.24, 2.45) is 5.10 Å². The van der Waals surface area contributed by atoms with Gasteiger partial charge in [0.1, 0.15) is 5.75 Å². The number of carbonyl (C=O) groups excluding carboxylic acids is 1. The van der Waals surface area contributed by atoms with Gasteiger partial charge in [0.25, 0.3) is 6.23 Å². The van der Waals surface area contributed by atoms with Gasteiger partial charge in [-0.1, -0.05) is 94.3 Å². The molecule has 6 heteroatoms. The van der Waals surface area contributed by atoms with Crippen molar-refractivity contribution in [2.45, 2.75) is 18.7 Å². The highest BCUT2D eigenvalue weighted by Crippen LogP contribution is 2.44. The van der Waals surface area contributed by atoms with Crippen LogP contribution in [0, 0.1) is 0 Å². The molecule has 2 aliphatic heterocycles. The van der Waals surface area contributed by atoms with Gasteiger partial charge in [-0.15, -0.1) is 0 Å². The van der Waals surface area contributed by atoms with E-state index in [1.54, 1.807) is 11.1 Å². The molecule has 4 aromatic rings. The molecule has 0 spiro atoms. The van der Waals surface area contributed by atoms with Gasteiger partial charge in [-0.05, 0) is 47.0 Å². The van der Waals surface area contributed by atoms with Crippen LogP contribution in [0.15, 0.2) is 107 Å². The summed E-state index contributed by atoms with van der Waals surface area (Å²) >= 11 is 9.80. The normalized spacial score (nSPS) is 18.3. The Kier molecular flexibility index (Phi) is 5.67. The van der Waals surface area contributed by atoms with Gasteiger partial charge in [0, 0.05) is 27.0 Å². The second kappa shape index (κ2) is 8.99. The number of carbonyl (C=O) groups is 1. The van der Waals surface area contributed by atoms with E-state index in [-0.39, 0.29) is 11.8 Å². The molecule has 0 aromatic heterocycles. The molecular weight excluding hydrogens is 524 g/mol. The van der Waals surface area contributed by atoms with Crippen molar-refractivity contribution in [3.05, 3.63) is 123 Å². The number of ether oxygens (including phenoxy) is 1. The third kappa shape index (κ3) is 4.15. The Bertz CT molecular complexity index is 1440. The molecule has 35 heavy (non-hydrogen) atoms. The van der Waals surface area contributed by atoms with Crippen molar-refractivity contribution >= 4 is 39.0 Å². The number of hydrazone groups is 1. The molecule has 0 bridgehead atoms. The van der Waals surface area contributed by atoms with Crippen LogP contribution in [0.25, 0.3) is 11.1 Å². The average molecular weight is 544 g/mol. The highest BCUT2D eigenvalue weighted by Gasteiger charge is 2.43. The molecule has 0 aliphatic carbocycles. The Hall–Kier alpha value is -3.41. The predicted octanol–water partition coefficient (Wildman–Crippen LogP) is 7.52. The molecule has 0 fully saturated rings. The van der Waals surface area contributed by atoms with Gasteiger partial charge in [0.15, 0.2) is 0 Å². The van der Waals surface area contributed by atoms with Crippen LogP contribution in [0.5, 0.6) is 5.75 Å². The van der Waals surface area contributed by atoms with Crippen molar-refractivity contribution in [1.82, 2.24) is 5.01 Å². The zero-order valence-corrected chi connectivity index (χ0v) is 20.9. The van der Waals surface area contributed by atoms with Crippen molar-refractivity contribution < 1.29 is 9.53 Å². The zero-order valence-electron chi connectivity index (χ0n) is 18.6. The number of hydrogen-bond donors (Lipinski definition) is 0. The first-order valence-corrected chi connectivity index (χ1v) is 12.5. The molecule has 0 radical (unpaired) electrons. The van der Waals surface area contributed by atoms with Crippen LogP contribution in [0.4, 0.5) is 0 Å². The minimum atomic E-state index is -0.857. The summed E-state index contributed by atoms with van der Waals surface area (Å²) in [7, 11) is 0. The largest absolute Gasteiger partial charge is 0.461 e. The summed E-state index contributed by atoms with van der Waals surface area (Å²) in [5, 5.41) is 7.30. The van der Waals surface area contributed by atoms with Crippen LogP contribution in [0.3, 0.4) is 0 Å². The fraction of sp³-hybridized carbons (Fsp3) is 0.103. The van der Waals surface area contributed by atoms with Crippen molar-refractivity contribution in [1.29, 1.82) is 0 Å². The maximum atomic E-state index is 13.7. The van der Waals surface area contributed by atoms with E-state index in [0.29, 0.717) is 22.8 Å². The van der Waals surface area contributed by atoms with Gasteiger partial charge in [-0.2, -0.15) is 5.10 Å². The lowest BCUT2D eigenvalue weighted by molar-refractivity contribution is -0.00454. The van der Waals surface area contributed by atoms with E-state index < -0.39 is 6.23 Å². The lowest BCUT2D eigenvalue weighted by Gasteiger charge is -2.37. The number of benzene rings is 4. The Morgan fingerprint density at radius 1 is 0.886 bits per heavy atom. The first-order chi connectivity index (χ1) is 17.1. The molecule has 2 heterocycles. The van der Waals surface area contributed by atoms with Gasteiger partial charge >= 0.3 is 0 Å². The quantitative estimate of drug-likeness (QED) is 0.250. The van der Waals surface area contributed by atoms with Crippen LogP contribution in [-0.2, 0) is 0 Å². The third-order valence-electron chi connectivity index (χ3n) is 6.43. The molecular formula is C29H20BrClN2O2. The Morgan fingerprint density at radius 2 is 1.57 bits per heavy atom. The number of nitrogens with zero attached hydrogens (tertiary/aromatic N) is 2. The summed E-state index contributed by atoms with van der Waals surface area (Å²) in [6.07, 6.45) is -0.195. The summed E-state index contributed by atoms with van der Waals surface area (Å²) in [6.45, 7) is 0. The molecule has 6 rings (SSSR count). The smallest absolute Gasteiger partial charge is 0.251 e. The minimum absolute atomic E-state index is 0.129. The van der Waals surface area contributed by atoms with Gasteiger partial charge in [0.05, 0.1) is 11.8 Å². The number of halogens is 2. The minimum Gasteiger partial charge on any atom is -0.461 e. The van der Waals surface area contributed by atoms with Gasteiger partial charge in [-0.25, -0.2) is 5.01 Å². The number of fused-ring (bicyclic) bond motifs is 3. The first-order valence-electron chi connectivity index (χ1n) is 11.3. The molecule has 0 amide bonds. The lowest BCUT2D eigenvalue weighted by Crippen LogP contribution is -2.45. The van der Waals surface area contributed by atoms with E-state index in [0.717, 1.165) is 32.4 Å². The van der Waals surface area contributed by atoms with Crippen LogP contribution < -0.4 is 4.74 Å². The van der Waals surface area contributed by atoms with Crippen LogP contribution in [0.1, 0.15) is 33.9 Å². The standard InChI is InChI=1S/C29H20BrClN2O2/c30-22-12-10-20(11-13-22)25-17-26-24-16-23(31)14-15-27(24)35-29(33(26)32-25)28(34)21-8-6-19(7-9-21)18-4-2-1-3-5-18/h1-16,26,29H,17H2/t26-,29+/m1/s1. The summed E-state index contributed by atoms with van der Waals surface area (Å²) in [5.41, 5.74) is 5.62. The van der Waals surface area contributed by atoms with E-state index in [1.807, 2.05) is 78.9 Å². The van der Waals surface area contributed by atoms with Crippen molar-refractivity contribution in [3.8, 4) is 16.9 Å². The number of Topliss-reactive ketones (excluding diaryl/α,β-unsaturated/α-hetero) is 1. The Balaban J connectivity index is 1.36. The highest BCUT2D eigenvalue weighted by atomic mass is 79.9. The second-order valence-corrected chi connectivity index (χ2v) is 9.97. The van der Waals surface area contributed by atoms with Gasteiger partial charge in [-0.3, -0.25) is 4.79 Å². The monoisotopic (exact) mass is 542 g/mol. The predicted molar refractivity (Wildman–Crippen MR) is 142 cm³/mol. The fourth-order valence-electron chi connectivity index (χ4n) is 4.65. The third-order valence-corrected chi connectivity index (χ3v) is 7.19. The van der Waals surface area contributed by atoms with Crippen LogP contribution >= 0.6 is 27.5 Å². The van der Waals surface area contributed by atoms with E-state index in [4.69, 9.17) is 21.4 Å². The number of ketones is 1. The van der Waals surface area contributed by atoms with Crippen LogP contribution in [-0.4, -0.2) is 22.7 Å². The molecule has 2 aliphatic rings. The van der Waals surface area contributed by atoms with Crippen molar-refractivity contribution in [2.75, 3.05) is 0 Å². The zero-order chi connectivity index (χ0) is 23.9. The van der Waals surface area contributed by atoms with E-state index in [1.165, 1.54) is 0 Å². The molecule has 0 saturated carbocycles. The summed E-state index contributed by atoms with van der Waals surface area (Å²) in [4.78, 5) is 13.7. The number of hydrogen-bond acceptors (Lipinski definition) is 4. The van der Waals surface area contributed by atoms with Gasteiger partial charge in [0.2, 0.25) is 5.78 Å². The Labute approximate surface area is 216 Å². The molecule has 0 N–H and O–H groups in total. The molecule has 0 unspecified atom stereocenters. The first kappa shape index (κ1) is 22.1. The maximum absolute atomic E-state index is 13.7. The van der Waals surface area contributed by atoms with Crippen molar-refractivity contribution in [3.63, 3.8) is 0 Å². The molecule has 4 nitrogen and oxygen atoms in total. The summed E-state index contributed by atoms with van der Waals surface area (Å²) in [5.74, 6) is 0.540. The Morgan fingerprint density at radius 3 is 2.31 bits per heavy atom. The van der Waals surface area contributed by atoms with E-state index in [9.17, 15) is 4.79 Å². The van der Waals surface area contributed by atoms with E-state index in [2.05, 4.69) is 28.1 Å². The SMILES string of the molecule is O=C(c1ccc(-c2ccccc2)cc1)[C@@H]1Oc2ccc(Cl)cc2[C@H]2CC(c3ccc(Br)cc3)=NN21. The molecule has 0 saturated heterocycles. The molecule has 4 aromatic carbocycles. The molecule has 172 valence electrons. The second-order valence-electron chi connectivity index (χ2n) is 8.61. The van der Waals surface area contributed by atoms with Crippen LogP contribution in [0.2, 0.25) is 5.02 Å². The van der Waals surface area contributed by atoms with E-state index >= 15 is 0 Å². The summed E-state index contributed by atoms with van der Waals surface area (Å²) in [6, 6.07) is 31.2. The summed E-state index contributed by atoms with van der Waals surface area (Å²) < 4.78 is 7.24. The maximum Gasteiger partial charge on any atom is 0.251 e. The number of rotatable bonds is 4. The lowest BCUT2D eigenvalue weighted by atomic mass is 9.95.